The highest BCUT2D eigenvalue weighted by molar-refractivity contribution is 5.94. The van der Waals surface area contributed by atoms with Gasteiger partial charge in [-0.15, -0.1) is 0 Å². The third kappa shape index (κ3) is 1.06. The Balaban J connectivity index is 2.55. The minimum Gasteiger partial charge on any atom is -0.515 e. The largest absolute Gasteiger partial charge is 0.515 e. The Morgan fingerprint density at radius 2 is 2.20 bits per heavy atom. The molecule has 0 aliphatic heterocycles. The molecule has 0 amide bonds. The third-order valence-corrected chi connectivity index (χ3v) is 2.28. The fourth-order valence-electron chi connectivity index (χ4n) is 1.22. The van der Waals surface area contributed by atoms with E-state index >= 15 is 0 Å². The summed E-state index contributed by atoms with van der Waals surface area (Å²) in [5.41, 5.74) is -0.154. The average molecular weight is 140 g/mol. The maximum absolute atomic E-state index is 11.1. The van der Waals surface area contributed by atoms with Gasteiger partial charge in [-0.2, -0.15) is 0 Å². The molecule has 0 unspecified atom stereocenters. The van der Waals surface area contributed by atoms with Gasteiger partial charge in [-0.05, 0) is 12.8 Å². The van der Waals surface area contributed by atoms with E-state index in [-0.39, 0.29) is 11.2 Å². The first kappa shape index (κ1) is 7.32. The molecule has 1 aliphatic carbocycles. The molecule has 0 bridgehead atoms. The minimum absolute atomic E-state index is 0.0567. The predicted octanol–water partition coefficient (Wildman–Crippen LogP) is 1.82. The molecule has 2 heteroatoms. The molecule has 10 heavy (non-hydrogen) atoms. The molecule has 1 fully saturated rings. The van der Waals surface area contributed by atoms with Crippen molar-refractivity contribution in [2.24, 2.45) is 5.41 Å². The maximum atomic E-state index is 11.1. The standard InChI is InChI=1S/C8H12O2/c1-8(4-2-5-8)7(10)3-6-9/h3,6,9H,2,4-5H2,1H3. The van der Waals surface area contributed by atoms with E-state index in [1.54, 1.807) is 0 Å². The van der Waals surface area contributed by atoms with Gasteiger partial charge in [-0.25, -0.2) is 0 Å². The molecule has 0 radical (unpaired) electrons. The highest BCUT2D eigenvalue weighted by Crippen LogP contribution is 2.41. The molecule has 2 nitrogen and oxygen atoms in total. The molecule has 1 rings (SSSR count). The van der Waals surface area contributed by atoms with Crippen molar-refractivity contribution in [3.05, 3.63) is 12.3 Å². The highest BCUT2D eigenvalue weighted by Gasteiger charge is 2.37. The van der Waals surface area contributed by atoms with Crippen molar-refractivity contribution >= 4 is 5.78 Å². The van der Waals surface area contributed by atoms with Crippen molar-refractivity contribution in [1.29, 1.82) is 0 Å². The van der Waals surface area contributed by atoms with Crippen LogP contribution < -0.4 is 0 Å². The van der Waals surface area contributed by atoms with Crippen LogP contribution in [0.1, 0.15) is 26.2 Å². The quantitative estimate of drug-likeness (QED) is 0.469. The van der Waals surface area contributed by atoms with Gasteiger partial charge < -0.3 is 5.11 Å². The number of carbonyl (C=O) groups is 1. The zero-order valence-corrected chi connectivity index (χ0v) is 6.13. The zero-order chi connectivity index (χ0) is 7.61. The number of aliphatic hydroxyl groups is 1. The normalized spacial score (nSPS) is 22.5. The molecule has 1 N–H and O–H groups in total. The number of aliphatic hydroxyl groups excluding tert-OH is 1. The smallest absolute Gasteiger partial charge is 0.164 e. The maximum Gasteiger partial charge on any atom is 0.164 e. The van der Waals surface area contributed by atoms with Crippen LogP contribution in [-0.4, -0.2) is 10.9 Å². The third-order valence-electron chi connectivity index (χ3n) is 2.28. The van der Waals surface area contributed by atoms with E-state index in [4.69, 9.17) is 5.11 Å². The van der Waals surface area contributed by atoms with Gasteiger partial charge >= 0.3 is 0 Å². The lowest BCUT2D eigenvalue weighted by Gasteiger charge is -2.35. The molecule has 0 spiro atoms. The first-order valence-electron chi connectivity index (χ1n) is 3.54. The van der Waals surface area contributed by atoms with Crippen molar-refractivity contribution < 1.29 is 9.90 Å². The van der Waals surface area contributed by atoms with Crippen LogP contribution in [-0.2, 0) is 4.79 Å². The van der Waals surface area contributed by atoms with Gasteiger partial charge in [-0.3, -0.25) is 4.79 Å². The first-order chi connectivity index (χ1) is 4.69. The fraction of sp³-hybridized carbons (Fsp3) is 0.625. The van der Waals surface area contributed by atoms with E-state index in [1.807, 2.05) is 6.92 Å². The monoisotopic (exact) mass is 140 g/mol. The van der Waals surface area contributed by atoms with Crippen LogP contribution in [0.4, 0.5) is 0 Å². The van der Waals surface area contributed by atoms with Gasteiger partial charge in [-0.1, -0.05) is 13.3 Å². The van der Waals surface area contributed by atoms with Crippen LogP contribution in [0.2, 0.25) is 0 Å². The molecule has 0 aromatic rings. The second-order valence-electron chi connectivity index (χ2n) is 3.09. The zero-order valence-electron chi connectivity index (χ0n) is 6.13. The summed E-state index contributed by atoms with van der Waals surface area (Å²) in [5, 5.41) is 8.32. The van der Waals surface area contributed by atoms with Crippen LogP contribution in [0.5, 0.6) is 0 Å². The molecule has 0 atom stereocenters. The summed E-state index contributed by atoms with van der Waals surface area (Å²) >= 11 is 0. The van der Waals surface area contributed by atoms with Gasteiger partial charge in [0.25, 0.3) is 0 Å². The van der Waals surface area contributed by atoms with Crippen molar-refractivity contribution in [3.8, 4) is 0 Å². The van der Waals surface area contributed by atoms with Crippen LogP contribution in [0.3, 0.4) is 0 Å². The lowest BCUT2D eigenvalue weighted by Crippen LogP contribution is -2.33. The van der Waals surface area contributed by atoms with E-state index in [1.165, 1.54) is 6.08 Å². The van der Waals surface area contributed by atoms with Crippen LogP contribution in [0.15, 0.2) is 12.3 Å². The van der Waals surface area contributed by atoms with E-state index in [9.17, 15) is 4.79 Å². The number of rotatable bonds is 2. The minimum atomic E-state index is -0.154. The lowest BCUT2D eigenvalue weighted by atomic mass is 9.67. The number of ketones is 1. The summed E-state index contributed by atoms with van der Waals surface area (Å²) in [4.78, 5) is 11.1. The summed E-state index contributed by atoms with van der Waals surface area (Å²) in [6.45, 7) is 1.94. The molecule has 0 saturated heterocycles. The van der Waals surface area contributed by atoms with E-state index in [2.05, 4.69) is 0 Å². The van der Waals surface area contributed by atoms with Gasteiger partial charge in [0.2, 0.25) is 0 Å². The fourth-order valence-corrected chi connectivity index (χ4v) is 1.22. The molecular weight excluding hydrogens is 128 g/mol. The second-order valence-corrected chi connectivity index (χ2v) is 3.09. The summed E-state index contributed by atoms with van der Waals surface area (Å²) in [6, 6.07) is 0. The number of hydrogen-bond acceptors (Lipinski definition) is 2. The Morgan fingerprint density at radius 3 is 2.50 bits per heavy atom. The van der Waals surface area contributed by atoms with Crippen molar-refractivity contribution in [1.82, 2.24) is 0 Å². The van der Waals surface area contributed by atoms with Gasteiger partial charge in [0.05, 0.1) is 6.26 Å². The Labute approximate surface area is 60.6 Å². The number of carbonyl (C=O) groups excluding carboxylic acids is 1. The molecule has 0 heterocycles. The van der Waals surface area contributed by atoms with Crippen molar-refractivity contribution in [2.75, 3.05) is 0 Å². The average Bonchev–Trinajstić information content (AvgIpc) is 1.83. The Kier molecular flexibility index (Phi) is 1.79. The van der Waals surface area contributed by atoms with Gasteiger partial charge in [0, 0.05) is 11.5 Å². The summed E-state index contributed by atoms with van der Waals surface area (Å²) in [7, 11) is 0. The van der Waals surface area contributed by atoms with Crippen LogP contribution in [0.25, 0.3) is 0 Å². The van der Waals surface area contributed by atoms with Crippen LogP contribution >= 0.6 is 0 Å². The topological polar surface area (TPSA) is 37.3 Å². The highest BCUT2D eigenvalue weighted by atomic mass is 16.2. The molecule has 56 valence electrons. The molecule has 0 aromatic heterocycles. The Bertz CT molecular complexity index is 166. The Hall–Kier alpha value is -0.790. The van der Waals surface area contributed by atoms with E-state index in [0.717, 1.165) is 25.5 Å². The molecule has 1 saturated carbocycles. The molecule has 0 aromatic carbocycles. The Morgan fingerprint density at radius 1 is 1.60 bits per heavy atom. The summed E-state index contributed by atoms with van der Waals surface area (Å²) < 4.78 is 0. The first-order valence-corrected chi connectivity index (χ1v) is 3.54. The predicted molar refractivity (Wildman–Crippen MR) is 38.7 cm³/mol. The SMILES string of the molecule is CC1(C(=O)C=CO)CCC1. The lowest BCUT2D eigenvalue weighted by molar-refractivity contribution is -0.127. The number of allylic oxidation sites excluding steroid dienone is 1. The van der Waals surface area contributed by atoms with Gasteiger partial charge in [0.15, 0.2) is 5.78 Å². The van der Waals surface area contributed by atoms with Crippen LogP contribution in [0, 0.1) is 5.41 Å². The van der Waals surface area contributed by atoms with E-state index < -0.39 is 0 Å². The molecule has 1 aliphatic rings. The number of hydrogen-bond donors (Lipinski definition) is 1. The van der Waals surface area contributed by atoms with Gasteiger partial charge in [0.1, 0.15) is 0 Å². The summed E-state index contributed by atoms with van der Waals surface area (Å²) in [5.74, 6) is 0.0567. The van der Waals surface area contributed by atoms with E-state index in [0.29, 0.717) is 0 Å². The summed E-state index contributed by atoms with van der Waals surface area (Å²) in [6.07, 6.45) is 5.15. The van der Waals surface area contributed by atoms with Crippen molar-refractivity contribution in [2.45, 2.75) is 26.2 Å². The molecular formula is C8H12O2. The second kappa shape index (κ2) is 2.45. The van der Waals surface area contributed by atoms with Crippen molar-refractivity contribution in [3.63, 3.8) is 0 Å².